The summed E-state index contributed by atoms with van der Waals surface area (Å²) < 4.78 is 12.9. The van der Waals surface area contributed by atoms with Gasteiger partial charge in [0.05, 0.1) is 5.52 Å². The first-order chi connectivity index (χ1) is 11.1. The van der Waals surface area contributed by atoms with Crippen molar-refractivity contribution in [3.63, 3.8) is 0 Å². The van der Waals surface area contributed by atoms with Gasteiger partial charge < -0.3 is 11.1 Å². The second-order valence-electron chi connectivity index (χ2n) is 5.74. The van der Waals surface area contributed by atoms with Gasteiger partial charge in [-0.3, -0.25) is 0 Å². The number of halogens is 3. The van der Waals surface area contributed by atoms with E-state index in [9.17, 15) is 4.39 Å². The fourth-order valence-electron chi connectivity index (χ4n) is 2.62. The summed E-state index contributed by atoms with van der Waals surface area (Å²) in [5.41, 5.74) is 8.96. The first kappa shape index (κ1) is 21.2. The number of pyridine rings is 1. The van der Waals surface area contributed by atoms with Gasteiger partial charge in [-0.25, -0.2) is 9.37 Å². The lowest BCUT2D eigenvalue weighted by Crippen LogP contribution is -2.21. The molecule has 0 saturated carbocycles. The number of nitrogen functional groups attached to an aromatic ring is 1. The quantitative estimate of drug-likeness (QED) is 0.673. The zero-order valence-corrected chi connectivity index (χ0v) is 15.5. The summed E-state index contributed by atoms with van der Waals surface area (Å²) in [6, 6.07) is 16.9. The third kappa shape index (κ3) is 5.56. The van der Waals surface area contributed by atoms with Crippen molar-refractivity contribution in [3.05, 3.63) is 71.5 Å². The van der Waals surface area contributed by atoms with Crippen LogP contribution >= 0.6 is 24.8 Å². The summed E-state index contributed by atoms with van der Waals surface area (Å²) in [7, 11) is 0. The first-order valence-electron chi connectivity index (χ1n) is 7.76. The third-order valence-corrected chi connectivity index (χ3v) is 4.02. The fourth-order valence-corrected chi connectivity index (χ4v) is 2.62. The maximum absolute atomic E-state index is 12.9. The monoisotopic (exact) mass is 381 g/mol. The molecule has 3 aromatic rings. The first-order valence-corrected chi connectivity index (χ1v) is 7.76. The molecule has 0 aliphatic carbocycles. The number of anilines is 1. The Morgan fingerprint density at radius 1 is 1.04 bits per heavy atom. The van der Waals surface area contributed by atoms with Crippen molar-refractivity contribution in [2.75, 3.05) is 12.3 Å². The maximum atomic E-state index is 12.9. The van der Waals surface area contributed by atoms with Crippen LogP contribution in [0.5, 0.6) is 0 Å². The van der Waals surface area contributed by atoms with Crippen molar-refractivity contribution in [1.29, 1.82) is 0 Å². The van der Waals surface area contributed by atoms with Crippen LogP contribution < -0.4 is 11.1 Å². The molecule has 1 atom stereocenters. The van der Waals surface area contributed by atoms with Gasteiger partial charge in [0, 0.05) is 11.4 Å². The van der Waals surface area contributed by atoms with Crippen LogP contribution in [0.2, 0.25) is 0 Å². The number of fused-ring (bicyclic) bond motifs is 1. The fraction of sp³-hybridized carbons (Fsp3) is 0.211. The van der Waals surface area contributed by atoms with Crippen LogP contribution in [-0.2, 0) is 6.42 Å². The summed E-state index contributed by atoms with van der Waals surface area (Å²) in [5, 5.41) is 4.57. The van der Waals surface area contributed by atoms with E-state index in [1.165, 1.54) is 17.7 Å². The van der Waals surface area contributed by atoms with Crippen LogP contribution in [0.1, 0.15) is 24.1 Å². The van der Waals surface area contributed by atoms with Gasteiger partial charge in [0.25, 0.3) is 0 Å². The summed E-state index contributed by atoms with van der Waals surface area (Å²) in [6.45, 7) is 2.95. The van der Waals surface area contributed by atoms with Crippen molar-refractivity contribution in [2.45, 2.75) is 19.4 Å². The number of rotatable bonds is 5. The van der Waals surface area contributed by atoms with Crippen molar-refractivity contribution in [1.82, 2.24) is 10.3 Å². The molecule has 0 saturated heterocycles. The minimum absolute atomic E-state index is 0. The average molecular weight is 382 g/mol. The standard InChI is InChI=1S/C19H20FN3.2ClH/c1-13(22-11-10-14-2-7-17(20)8-3-14)16-5-4-15-6-9-19(21)23-18(15)12-16;;/h2-9,12-13,22H,10-11H2,1H3,(H2,21,23);2*1H. The van der Waals surface area contributed by atoms with E-state index < -0.39 is 0 Å². The Labute approximate surface area is 159 Å². The summed E-state index contributed by atoms with van der Waals surface area (Å²) in [4.78, 5) is 4.37. The van der Waals surface area contributed by atoms with Crippen LogP contribution in [-0.4, -0.2) is 11.5 Å². The van der Waals surface area contributed by atoms with E-state index in [0.29, 0.717) is 5.82 Å². The largest absolute Gasteiger partial charge is 0.384 e. The highest BCUT2D eigenvalue weighted by Gasteiger charge is 2.06. The van der Waals surface area contributed by atoms with E-state index in [0.717, 1.165) is 29.4 Å². The van der Waals surface area contributed by atoms with E-state index in [2.05, 4.69) is 35.4 Å². The number of nitrogens with two attached hydrogens (primary N) is 1. The summed E-state index contributed by atoms with van der Waals surface area (Å²) in [5.74, 6) is 0.338. The second-order valence-corrected chi connectivity index (χ2v) is 5.74. The molecule has 0 fully saturated rings. The van der Waals surface area contributed by atoms with Gasteiger partial charge >= 0.3 is 0 Å². The molecule has 0 bridgehead atoms. The molecule has 2 aromatic carbocycles. The summed E-state index contributed by atoms with van der Waals surface area (Å²) >= 11 is 0. The minimum Gasteiger partial charge on any atom is -0.384 e. The van der Waals surface area contributed by atoms with Crippen molar-refractivity contribution >= 4 is 41.5 Å². The Kier molecular flexibility index (Phi) is 8.10. The van der Waals surface area contributed by atoms with E-state index in [1.807, 2.05) is 24.3 Å². The SMILES string of the molecule is CC(NCCc1ccc(F)cc1)c1ccc2ccc(N)nc2c1.Cl.Cl. The topological polar surface area (TPSA) is 50.9 Å². The Balaban J connectivity index is 0.00000156. The molecule has 3 nitrogen and oxygen atoms in total. The zero-order valence-electron chi connectivity index (χ0n) is 13.9. The normalized spacial score (nSPS) is 11.4. The Morgan fingerprint density at radius 3 is 2.44 bits per heavy atom. The number of benzene rings is 2. The van der Waals surface area contributed by atoms with E-state index >= 15 is 0 Å². The molecule has 3 N–H and O–H groups in total. The van der Waals surface area contributed by atoms with Gasteiger partial charge in [0.1, 0.15) is 11.6 Å². The van der Waals surface area contributed by atoms with Gasteiger partial charge in [-0.15, -0.1) is 24.8 Å². The molecular formula is C19H22Cl2FN3. The number of aromatic nitrogens is 1. The molecule has 0 aliphatic rings. The molecule has 1 aromatic heterocycles. The molecular weight excluding hydrogens is 360 g/mol. The van der Waals surface area contributed by atoms with E-state index in [-0.39, 0.29) is 36.7 Å². The molecule has 1 heterocycles. The smallest absolute Gasteiger partial charge is 0.124 e. The molecule has 0 radical (unpaired) electrons. The number of hydrogen-bond donors (Lipinski definition) is 2. The van der Waals surface area contributed by atoms with Crippen LogP contribution in [0, 0.1) is 5.82 Å². The van der Waals surface area contributed by atoms with E-state index in [4.69, 9.17) is 5.73 Å². The number of nitrogens with one attached hydrogen (secondary N) is 1. The van der Waals surface area contributed by atoms with Crippen LogP contribution in [0.25, 0.3) is 10.9 Å². The van der Waals surface area contributed by atoms with Crippen molar-refractivity contribution in [2.24, 2.45) is 0 Å². The molecule has 3 rings (SSSR count). The number of hydrogen-bond acceptors (Lipinski definition) is 3. The van der Waals surface area contributed by atoms with Crippen LogP contribution in [0.3, 0.4) is 0 Å². The maximum Gasteiger partial charge on any atom is 0.124 e. The minimum atomic E-state index is -0.196. The zero-order chi connectivity index (χ0) is 16.2. The van der Waals surface area contributed by atoms with Crippen LogP contribution in [0.15, 0.2) is 54.6 Å². The molecule has 1 unspecified atom stereocenters. The summed E-state index contributed by atoms with van der Waals surface area (Å²) in [6.07, 6.45) is 0.864. The molecule has 0 aliphatic heterocycles. The van der Waals surface area contributed by atoms with Crippen molar-refractivity contribution in [3.8, 4) is 0 Å². The molecule has 6 heteroatoms. The predicted molar refractivity (Wildman–Crippen MR) is 107 cm³/mol. The number of nitrogens with zero attached hydrogens (tertiary/aromatic N) is 1. The lowest BCUT2D eigenvalue weighted by Gasteiger charge is -2.15. The second kappa shape index (κ2) is 9.56. The van der Waals surface area contributed by atoms with Gasteiger partial charge in [-0.2, -0.15) is 0 Å². The Morgan fingerprint density at radius 2 is 1.72 bits per heavy atom. The molecule has 0 amide bonds. The lowest BCUT2D eigenvalue weighted by atomic mass is 10.1. The Hall–Kier alpha value is -1.88. The van der Waals surface area contributed by atoms with E-state index in [1.54, 1.807) is 0 Å². The average Bonchev–Trinajstić information content (AvgIpc) is 2.56. The molecule has 0 spiro atoms. The highest BCUT2D eigenvalue weighted by Crippen LogP contribution is 2.20. The predicted octanol–water partition coefficient (Wildman–Crippen LogP) is 4.69. The van der Waals surface area contributed by atoms with Gasteiger partial charge in [0.15, 0.2) is 0 Å². The van der Waals surface area contributed by atoms with Crippen molar-refractivity contribution < 1.29 is 4.39 Å². The van der Waals surface area contributed by atoms with Gasteiger partial charge in [0.2, 0.25) is 0 Å². The van der Waals surface area contributed by atoms with Gasteiger partial charge in [-0.05, 0) is 61.3 Å². The molecule has 134 valence electrons. The highest BCUT2D eigenvalue weighted by molar-refractivity contribution is 5.85. The third-order valence-electron chi connectivity index (χ3n) is 4.02. The van der Waals surface area contributed by atoms with Gasteiger partial charge in [-0.1, -0.05) is 24.3 Å². The molecule has 25 heavy (non-hydrogen) atoms. The lowest BCUT2D eigenvalue weighted by molar-refractivity contribution is 0.576. The highest BCUT2D eigenvalue weighted by atomic mass is 35.5. The Bertz CT molecular complexity index is 809. The van der Waals surface area contributed by atoms with Crippen LogP contribution in [0.4, 0.5) is 10.2 Å².